The van der Waals surface area contributed by atoms with Crippen molar-refractivity contribution >= 4 is 35.1 Å². The van der Waals surface area contributed by atoms with E-state index >= 15 is 0 Å². The number of hydrogen-bond acceptors (Lipinski definition) is 3. The van der Waals surface area contributed by atoms with Gasteiger partial charge in [-0.25, -0.2) is 4.79 Å². The molecule has 1 aromatic rings. The van der Waals surface area contributed by atoms with E-state index in [0.717, 1.165) is 0 Å². The van der Waals surface area contributed by atoms with Gasteiger partial charge in [-0.05, 0) is 45.7 Å². The Balaban J connectivity index is 1.90. The number of rotatable bonds is 5. The van der Waals surface area contributed by atoms with Gasteiger partial charge in [0.15, 0.2) is 0 Å². The van der Waals surface area contributed by atoms with E-state index in [1.165, 1.54) is 0 Å². The van der Waals surface area contributed by atoms with Crippen LogP contribution in [0.3, 0.4) is 0 Å². The van der Waals surface area contributed by atoms with Crippen LogP contribution >= 0.6 is 11.6 Å². The van der Waals surface area contributed by atoms with Gasteiger partial charge in [-0.3, -0.25) is 9.59 Å². The number of piperidine rings is 1. The van der Waals surface area contributed by atoms with Gasteiger partial charge in [0.25, 0.3) is 0 Å². The maximum atomic E-state index is 12.8. The molecule has 1 aliphatic rings. The first kappa shape index (κ1) is 21.0. The number of halogens is 1. The number of benzene rings is 1. The average molecular weight is 395 g/mol. The lowest BCUT2D eigenvalue weighted by molar-refractivity contribution is -0.140. The third-order valence-electron chi connectivity index (χ3n) is 4.59. The molecule has 0 spiro atoms. The number of likely N-dealkylation sites (tertiary alicyclic amines) is 1. The highest BCUT2D eigenvalue weighted by atomic mass is 35.5. The molecule has 0 aliphatic carbocycles. The summed E-state index contributed by atoms with van der Waals surface area (Å²) in [5, 5.41) is 8.60. The van der Waals surface area contributed by atoms with Gasteiger partial charge in [-0.2, -0.15) is 0 Å². The first-order valence-electron chi connectivity index (χ1n) is 9.15. The van der Waals surface area contributed by atoms with Gasteiger partial charge in [0.05, 0.1) is 10.7 Å². The molecule has 0 aromatic heterocycles. The Morgan fingerprint density at radius 1 is 1.19 bits per heavy atom. The van der Waals surface area contributed by atoms with Crippen molar-refractivity contribution in [3.8, 4) is 0 Å². The standard InChI is InChI=1S/C19H27ClN4O3/c1-4-21-16(25)13-9-11-24(12-10-13)17(26)19(2,3)23-18(27)22-15-8-6-5-7-14(15)20/h5-8,13H,4,9-12H2,1-3H3,(H,21,25)(H2,22,23,27). The Labute approximate surface area is 164 Å². The van der Waals surface area contributed by atoms with E-state index in [9.17, 15) is 14.4 Å². The lowest BCUT2D eigenvalue weighted by Gasteiger charge is -2.36. The summed E-state index contributed by atoms with van der Waals surface area (Å²) >= 11 is 6.04. The molecule has 8 heteroatoms. The highest BCUT2D eigenvalue weighted by Gasteiger charge is 2.36. The molecule has 1 heterocycles. The van der Waals surface area contributed by atoms with Gasteiger partial charge in [-0.1, -0.05) is 23.7 Å². The molecular formula is C19H27ClN4O3. The van der Waals surface area contributed by atoms with Crippen LogP contribution in [0.2, 0.25) is 5.02 Å². The molecule has 1 aromatic carbocycles. The van der Waals surface area contributed by atoms with Crippen LogP contribution in [0.25, 0.3) is 0 Å². The first-order valence-corrected chi connectivity index (χ1v) is 9.53. The lowest BCUT2D eigenvalue weighted by Crippen LogP contribution is -2.58. The van der Waals surface area contributed by atoms with E-state index in [1.807, 2.05) is 6.92 Å². The van der Waals surface area contributed by atoms with Crippen molar-refractivity contribution in [2.75, 3.05) is 25.0 Å². The summed E-state index contributed by atoms with van der Waals surface area (Å²) < 4.78 is 0. The summed E-state index contributed by atoms with van der Waals surface area (Å²) in [5.41, 5.74) is -0.605. The number of nitrogens with zero attached hydrogens (tertiary/aromatic N) is 1. The smallest absolute Gasteiger partial charge is 0.320 e. The summed E-state index contributed by atoms with van der Waals surface area (Å²) in [6.45, 7) is 6.82. The third-order valence-corrected chi connectivity index (χ3v) is 4.92. The fourth-order valence-electron chi connectivity index (χ4n) is 3.11. The van der Waals surface area contributed by atoms with Crippen LogP contribution < -0.4 is 16.0 Å². The maximum Gasteiger partial charge on any atom is 0.320 e. The van der Waals surface area contributed by atoms with Crippen molar-refractivity contribution in [1.29, 1.82) is 0 Å². The predicted molar refractivity (Wildman–Crippen MR) is 106 cm³/mol. The van der Waals surface area contributed by atoms with Crippen molar-refractivity contribution in [2.24, 2.45) is 5.92 Å². The van der Waals surface area contributed by atoms with E-state index in [0.29, 0.717) is 43.2 Å². The number of para-hydroxylation sites is 1. The molecule has 4 amide bonds. The van der Waals surface area contributed by atoms with Gasteiger partial charge >= 0.3 is 6.03 Å². The molecular weight excluding hydrogens is 368 g/mol. The number of hydrogen-bond donors (Lipinski definition) is 3. The van der Waals surface area contributed by atoms with Crippen LogP contribution in [0.15, 0.2) is 24.3 Å². The molecule has 0 radical (unpaired) electrons. The van der Waals surface area contributed by atoms with Gasteiger partial charge in [0.2, 0.25) is 11.8 Å². The fraction of sp³-hybridized carbons (Fsp3) is 0.526. The number of anilines is 1. The van der Waals surface area contributed by atoms with Crippen molar-refractivity contribution in [3.05, 3.63) is 29.3 Å². The number of nitrogens with one attached hydrogen (secondary N) is 3. The quantitative estimate of drug-likeness (QED) is 0.717. The zero-order valence-electron chi connectivity index (χ0n) is 16.0. The van der Waals surface area contributed by atoms with E-state index in [2.05, 4.69) is 16.0 Å². The Morgan fingerprint density at radius 3 is 2.41 bits per heavy atom. The number of carbonyl (C=O) groups is 3. The second-order valence-electron chi connectivity index (χ2n) is 7.15. The van der Waals surface area contributed by atoms with Crippen LogP contribution in [0.4, 0.5) is 10.5 Å². The summed E-state index contributed by atoms with van der Waals surface area (Å²) in [5.74, 6) is -0.194. The largest absolute Gasteiger partial charge is 0.356 e. The van der Waals surface area contributed by atoms with E-state index in [-0.39, 0.29) is 17.7 Å². The highest BCUT2D eigenvalue weighted by molar-refractivity contribution is 6.33. The second-order valence-corrected chi connectivity index (χ2v) is 7.55. The molecule has 2 rings (SSSR count). The minimum Gasteiger partial charge on any atom is -0.356 e. The average Bonchev–Trinajstić information content (AvgIpc) is 2.63. The molecule has 1 saturated heterocycles. The van der Waals surface area contributed by atoms with Crippen LogP contribution in [-0.4, -0.2) is 47.9 Å². The number of urea groups is 1. The summed E-state index contributed by atoms with van der Waals surface area (Å²) in [6.07, 6.45) is 1.25. The second kappa shape index (κ2) is 9.08. The highest BCUT2D eigenvalue weighted by Crippen LogP contribution is 2.22. The third kappa shape index (κ3) is 5.60. The minimum atomic E-state index is -1.08. The van der Waals surface area contributed by atoms with Crippen LogP contribution in [0.5, 0.6) is 0 Å². The number of amides is 4. The van der Waals surface area contributed by atoms with Crippen molar-refractivity contribution < 1.29 is 14.4 Å². The molecule has 27 heavy (non-hydrogen) atoms. The lowest BCUT2D eigenvalue weighted by atomic mass is 9.94. The van der Waals surface area contributed by atoms with Crippen LogP contribution in [0.1, 0.15) is 33.6 Å². The predicted octanol–water partition coefficient (Wildman–Crippen LogP) is 2.61. The Bertz CT molecular complexity index is 700. The molecule has 1 fully saturated rings. The normalized spacial score (nSPS) is 15.2. The minimum absolute atomic E-state index is 0.0427. The monoisotopic (exact) mass is 394 g/mol. The van der Waals surface area contributed by atoms with Gasteiger partial charge in [-0.15, -0.1) is 0 Å². The zero-order valence-corrected chi connectivity index (χ0v) is 16.7. The topological polar surface area (TPSA) is 90.5 Å². The molecule has 148 valence electrons. The molecule has 1 aliphatic heterocycles. The summed E-state index contributed by atoms with van der Waals surface area (Å²) in [6, 6.07) is 6.38. The molecule has 7 nitrogen and oxygen atoms in total. The summed E-state index contributed by atoms with van der Waals surface area (Å²) in [4.78, 5) is 38.7. The van der Waals surface area contributed by atoms with Crippen LogP contribution in [0, 0.1) is 5.92 Å². The van der Waals surface area contributed by atoms with E-state index < -0.39 is 11.6 Å². The molecule has 0 unspecified atom stereocenters. The number of carbonyl (C=O) groups excluding carboxylic acids is 3. The van der Waals surface area contributed by atoms with Crippen LogP contribution in [-0.2, 0) is 9.59 Å². The van der Waals surface area contributed by atoms with Gasteiger partial charge in [0, 0.05) is 25.6 Å². The van der Waals surface area contributed by atoms with Crippen molar-refractivity contribution in [3.63, 3.8) is 0 Å². The maximum absolute atomic E-state index is 12.8. The first-order chi connectivity index (χ1) is 12.7. The zero-order chi connectivity index (χ0) is 20.0. The summed E-state index contributed by atoms with van der Waals surface area (Å²) in [7, 11) is 0. The molecule has 0 saturated carbocycles. The van der Waals surface area contributed by atoms with Crippen molar-refractivity contribution in [1.82, 2.24) is 15.5 Å². The Kier molecular flexibility index (Phi) is 7.07. The Hall–Kier alpha value is -2.28. The van der Waals surface area contributed by atoms with Gasteiger partial charge < -0.3 is 20.9 Å². The molecule has 0 bridgehead atoms. The molecule has 0 atom stereocenters. The van der Waals surface area contributed by atoms with E-state index in [1.54, 1.807) is 43.0 Å². The Morgan fingerprint density at radius 2 is 1.81 bits per heavy atom. The molecule has 3 N–H and O–H groups in total. The van der Waals surface area contributed by atoms with Gasteiger partial charge in [0.1, 0.15) is 5.54 Å². The van der Waals surface area contributed by atoms with E-state index in [4.69, 9.17) is 11.6 Å². The fourth-order valence-corrected chi connectivity index (χ4v) is 3.30. The van der Waals surface area contributed by atoms with Crippen molar-refractivity contribution in [2.45, 2.75) is 39.2 Å². The SMILES string of the molecule is CCNC(=O)C1CCN(C(=O)C(C)(C)NC(=O)Nc2ccccc2Cl)CC1.